The zero-order valence-electron chi connectivity index (χ0n) is 16.7. The maximum absolute atomic E-state index is 8.94. The Bertz CT molecular complexity index is 922. The summed E-state index contributed by atoms with van der Waals surface area (Å²) in [7, 11) is 1.95. The minimum atomic E-state index is 0.403. The molecule has 1 amide bonds. The number of benzene rings is 2. The average Bonchev–Trinajstić information content (AvgIpc) is 3.13. The molecule has 3 rings (SSSR count). The highest BCUT2D eigenvalue weighted by molar-refractivity contribution is 7.13. The number of rotatable bonds is 6. The molecule has 3 aromatic rings. The summed E-state index contributed by atoms with van der Waals surface area (Å²) in [5, 5.41) is 5.38. The number of hydrogen-bond acceptors (Lipinski definition) is 5. The van der Waals surface area contributed by atoms with E-state index in [1.807, 2.05) is 7.05 Å². The molecule has 0 radical (unpaired) electrons. The fourth-order valence-electron chi connectivity index (χ4n) is 2.90. The van der Waals surface area contributed by atoms with Crippen LogP contribution in [0.1, 0.15) is 22.3 Å². The van der Waals surface area contributed by atoms with Crippen molar-refractivity contribution in [3.8, 4) is 16.2 Å². The predicted octanol–water partition coefficient (Wildman–Crippen LogP) is 4.57. The van der Waals surface area contributed by atoms with Gasteiger partial charge in [-0.2, -0.15) is 0 Å². The standard InChI is InChI=1S/C21H23NOS.CH4N2O/c1-14-6-5-7-19(22-4)18(14)13-23-20-9-8-17(12-16(20)3)21-15(2)10-11-24-21;2-3-1-4/h5-12,22H,13H2,1-4H3;1H,2H2,(H,3,4). The Morgan fingerprint density at radius 1 is 1.07 bits per heavy atom. The maximum atomic E-state index is 8.94. The van der Waals surface area contributed by atoms with Gasteiger partial charge < -0.3 is 10.1 Å². The molecule has 1 heterocycles. The highest BCUT2D eigenvalue weighted by Gasteiger charge is 2.09. The van der Waals surface area contributed by atoms with Gasteiger partial charge in [0, 0.05) is 23.2 Å². The van der Waals surface area contributed by atoms with Crippen molar-refractivity contribution in [2.45, 2.75) is 27.4 Å². The van der Waals surface area contributed by atoms with Crippen molar-refractivity contribution < 1.29 is 9.53 Å². The molecule has 5 nitrogen and oxygen atoms in total. The van der Waals surface area contributed by atoms with Crippen LogP contribution in [0.25, 0.3) is 10.4 Å². The highest BCUT2D eigenvalue weighted by atomic mass is 32.1. The first-order chi connectivity index (χ1) is 13.5. The summed E-state index contributed by atoms with van der Waals surface area (Å²) in [6.45, 7) is 6.96. The molecule has 0 unspecified atom stereocenters. The van der Waals surface area contributed by atoms with Crippen LogP contribution in [0.15, 0.2) is 47.8 Å². The molecule has 0 aliphatic heterocycles. The van der Waals surface area contributed by atoms with Gasteiger partial charge in [0.25, 0.3) is 0 Å². The van der Waals surface area contributed by atoms with E-state index in [4.69, 9.17) is 9.53 Å². The van der Waals surface area contributed by atoms with Crippen LogP contribution >= 0.6 is 11.3 Å². The molecule has 0 fully saturated rings. The Kier molecular flexibility index (Phi) is 8.04. The number of amides is 1. The van der Waals surface area contributed by atoms with E-state index in [-0.39, 0.29) is 0 Å². The SMILES string of the molecule is CNc1cccc(C)c1COc1ccc(-c2sccc2C)cc1C.NNC=O. The monoisotopic (exact) mass is 397 g/mol. The van der Waals surface area contributed by atoms with E-state index in [9.17, 15) is 0 Å². The Morgan fingerprint density at radius 3 is 2.39 bits per heavy atom. The van der Waals surface area contributed by atoms with Gasteiger partial charge >= 0.3 is 0 Å². The van der Waals surface area contributed by atoms with E-state index >= 15 is 0 Å². The molecular weight excluding hydrogens is 370 g/mol. The van der Waals surface area contributed by atoms with Gasteiger partial charge in [0.2, 0.25) is 6.41 Å². The maximum Gasteiger partial charge on any atom is 0.221 e. The topological polar surface area (TPSA) is 76.4 Å². The molecule has 28 heavy (non-hydrogen) atoms. The Balaban J connectivity index is 0.000000640. The van der Waals surface area contributed by atoms with Gasteiger partial charge in [0.05, 0.1) is 0 Å². The number of nitrogens with two attached hydrogens (primary N) is 1. The van der Waals surface area contributed by atoms with Gasteiger partial charge in [-0.3, -0.25) is 10.2 Å². The van der Waals surface area contributed by atoms with Crippen LogP contribution in [-0.4, -0.2) is 13.5 Å². The fraction of sp³-hybridized carbons (Fsp3) is 0.227. The molecule has 4 N–H and O–H groups in total. The molecule has 0 spiro atoms. The second kappa shape index (κ2) is 10.5. The van der Waals surface area contributed by atoms with Gasteiger partial charge in [0.15, 0.2) is 0 Å². The average molecular weight is 398 g/mol. The molecule has 1 aromatic heterocycles. The van der Waals surface area contributed by atoms with E-state index in [0.29, 0.717) is 13.0 Å². The van der Waals surface area contributed by atoms with Crippen LogP contribution in [0, 0.1) is 20.8 Å². The van der Waals surface area contributed by atoms with Crippen LogP contribution < -0.4 is 21.3 Å². The van der Waals surface area contributed by atoms with Gasteiger partial charge in [-0.1, -0.05) is 12.1 Å². The summed E-state index contributed by atoms with van der Waals surface area (Å²) in [5.74, 6) is 5.35. The second-order valence-corrected chi connectivity index (χ2v) is 7.25. The Morgan fingerprint density at radius 2 is 1.82 bits per heavy atom. The molecule has 0 saturated carbocycles. The summed E-state index contributed by atoms with van der Waals surface area (Å²) < 4.78 is 6.11. The van der Waals surface area contributed by atoms with Crippen molar-refractivity contribution in [3.05, 3.63) is 70.1 Å². The zero-order chi connectivity index (χ0) is 20.5. The number of carbonyl (C=O) groups is 1. The van der Waals surface area contributed by atoms with E-state index < -0.39 is 0 Å². The van der Waals surface area contributed by atoms with Gasteiger partial charge in [0.1, 0.15) is 12.4 Å². The molecule has 0 aliphatic carbocycles. The normalized spacial score (nSPS) is 9.89. The number of thiophene rings is 1. The first-order valence-electron chi connectivity index (χ1n) is 8.95. The van der Waals surface area contributed by atoms with Crippen LogP contribution in [-0.2, 0) is 11.4 Å². The lowest BCUT2D eigenvalue weighted by atomic mass is 10.1. The molecule has 0 aliphatic rings. The number of hydrogen-bond donors (Lipinski definition) is 3. The summed E-state index contributed by atoms with van der Waals surface area (Å²) in [6, 6.07) is 14.9. The number of ether oxygens (including phenoxy) is 1. The molecule has 0 atom stereocenters. The number of aryl methyl sites for hydroxylation is 3. The van der Waals surface area contributed by atoms with Crippen molar-refractivity contribution in [2.24, 2.45) is 5.84 Å². The van der Waals surface area contributed by atoms with Crippen LogP contribution in [0.2, 0.25) is 0 Å². The molecular formula is C22H27N3O2S. The van der Waals surface area contributed by atoms with Crippen molar-refractivity contribution in [1.29, 1.82) is 0 Å². The van der Waals surface area contributed by atoms with E-state index in [1.165, 1.54) is 32.7 Å². The number of nitrogens with one attached hydrogen (secondary N) is 2. The van der Waals surface area contributed by atoms with Crippen LogP contribution in [0.3, 0.4) is 0 Å². The number of anilines is 1. The summed E-state index contributed by atoms with van der Waals surface area (Å²) in [5.41, 5.74) is 9.08. The lowest BCUT2D eigenvalue weighted by Gasteiger charge is -2.15. The lowest BCUT2D eigenvalue weighted by Crippen LogP contribution is -2.18. The van der Waals surface area contributed by atoms with Crippen molar-refractivity contribution in [3.63, 3.8) is 0 Å². The predicted molar refractivity (Wildman–Crippen MR) is 118 cm³/mol. The quantitative estimate of drug-likeness (QED) is 0.246. The first-order valence-corrected chi connectivity index (χ1v) is 9.83. The van der Waals surface area contributed by atoms with Gasteiger partial charge in [-0.15, -0.1) is 11.3 Å². The van der Waals surface area contributed by atoms with E-state index in [1.54, 1.807) is 16.8 Å². The minimum absolute atomic E-state index is 0.403. The van der Waals surface area contributed by atoms with Crippen molar-refractivity contribution in [2.75, 3.05) is 12.4 Å². The van der Waals surface area contributed by atoms with E-state index in [0.717, 1.165) is 11.4 Å². The molecule has 2 aromatic carbocycles. The summed E-state index contributed by atoms with van der Waals surface area (Å²) in [6.07, 6.45) is 0.403. The Labute approximate surface area is 170 Å². The van der Waals surface area contributed by atoms with Crippen LogP contribution in [0.5, 0.6) is 5.75 Å². The summed E-state index contributed by atoms with van der Waals surface area (Å²) >= 11 is 1.79. The largest absolute Gasteiger partial charge is 0.489 e. The lowest BCUT2D eigenvalue weighted by molar-refractivity contribution is -0.109. The van der Waals surface area contributed by atoms with E-state index in [2.05, 4.69) is 79.8 Å². The molecule has 148 valence electrons. The zero-order valence-corrected chi connectivity index (χ0v) is 17.5. The minimum Gasteiger partial charge on any atom is -0.489 e. The molecule has 6 heteroatoms. The number of hydrazine groups is 1. The smallest absolute Gasteiger partial charge is 0.221 e. The third-order valence-electron chi connectivity index (χ3n) is 4.42. The highest BCUT2D eigenvalue weighted by Crippen LogP contribution is 2.32. The summed E-state index contributed by atoms with van der Waals surface area (Å²) in [4.78, 5) is 10.3. The third-order valence-corrected chi connectivity index (χ3v) is 5.48. The van der Waals surface area contributed by atoms with Crippen LogP contribution in [0.4, 0.5) is 5.69 Å². The van der Waals surface area contributed by atoms with Gasteiger partial charge in [-0.05, 0) is 78.7 Å². The number of carbonyl (C=O) groups excluding carboxylic acids is 1. The molecule has 0 saturated heterocycles. The fourth-order valence-corrected chi connectivity index (χ4v) is 3.82. The Hall–Kier alpha value is -2.83. The van der Waals surface area contributed by atoms with Crippen molar-refractivity contribution in [1.82, 2.24) is 5.43 Å². The third kappa shape index (κ3) is 5.34. The molecule has 0 bridgehead atoms. The van der Waals surface area contributed by atoms with Gasteiger partial charge in [-0.25, -0.2) is 5.84 Å². The first kappa shape index (κ1) is 21.5. The van der Waals surface area contributed by atoms with Crippen molar-refractivity contribution >= 4 is 23.4 Å². The second-order valence-electron chi connectivity index (χ2n) is 6.34.